The van der Waals surface area contributed by atoms with Crippen molar-refractivity contribution in [1.29, 1.82) is 0 Å². The molecule has 0 radical (unpaired) electrons. The number of ether oxygens (including phenoxy) is 1. The molecule has 0 amide bonds. The molecule has 1 aromatic rings. The summed E-state index contributed by atoms with van der Waals surface area (Å²) < 4.78 is 4.79. The first-order valence-electron chi connectivity index (χ1n) is 5.67. The number of methoxy groups -OCH3 is 1. The third-order valence-electron chi connectivity index (χ3n) is 2.66. The molecule has 0 aliphatic rings. The smallest absolute Gasteiger partial charge is 0.306 e. The minimum Gasteiger partial charge on any atom is -0.481 e. The van der Waals surface area contributed by atoms with Gasteiger partial charge in [-0.25, -0.2) is 0 Å². The fraction of sp³-hybridized carbons (Fsp3) is 0.462. The van der Waals surface area contributed by atoms with E-state index in [0.29, 0.717) is 11.4 Å². The molecule has 18 heavy (non-hydrogen) atoms. The number of carboxylic acid groups (broad SMARTS) is 1. The third-order valence-corrected chi connectivity index (χ3v) is 2.91. The normalized spacial score (nSPS) is 14.2. The summed E-state index contributed by atoms with van der Waals surface area (Å²) in [4.78, 5) is 11.1. The molecule has 1 aromatic carbocycles. The second kappa shape index (κ2) is 7.36. The van der Waals surface area contributed by atoms with Gasteiger partial charge in [0.15, 0.2) is 0 Å². The summed E-state index contributed by atoms with van der Waals surface area (Å²) in [6.07, 6.45) is -0.220. The molecule has 0 aromatic heterocycles. The summed E-state index contributed by atoms with van der Waals surface area (Å²) in [5, 5.41) is 19.3. The highest BCUT2D eigenvalue weighted by atomic mass is 35.5. The summed E-state index contributed by atoms with van der Waals surface area (Å²) in [5.41, 5.74) is 0.886. The number of aliphatic hydroxyl groups excluding tert-OH is 1. The Kier molecular flexibility index (Phi) is 6.12. The van der Waals surface area contributed by atoms with Crippen LogP contribution in [-0.2, 0) is 16.0 Å². The highest BCUT2D eigenvalue weighted by Gasteiger charge is 2.21. The van der Waals surface area contributed by atoms with E-state index in [1.807, 2.05) is 0 Å². The highest BCUT2D eigenvalue weighted by molar-refractivity contribution is 6.30. The van der Waals surface area contributed by atoms with E-state index in [0.717, 1.165) is 5.56 Å². The van der Waals surface area contributed by atoms with E-state index in [1.165, 1.54) is 7.11 Å². The summed E-state index contributed by atoms with van der Waals surface area (Å²) >= 11 is 5.76. The molecule has 0 fully saturated rings. The fourth-order valence-corrected chi connectivity index (χ4v) is 1.89. The fourth-order valence-electron chi connectivity index (χ4n) is 1.77. The number of hydrogen-bond acceptors (Lipinski definition) is 3. The minimum absolute atomic E-state index is 0.143. The topological polar surface area (TPSA) is 66.8 Å². The van der Waals surface area contributed by atoms with E-state index in [-0.39, 0.29) is 13.0 Å². The van der Waals surface area contributed by atoms with Gasteiger partial charge in [0, 0.05) is 12.1 Å². The van der Waals surface area contributed by atoms with Gasteiger partial charge in [0.05, 0.1) is 18.6 Å². The summed E-state index contributed by atoms with van der Waals surface area (Å²) in [5.74, 6) is -1.54. The lowest BCUT2D eigenvalue weighted by molar-refractivity contribution is -0.143. The number of aliphatic carboxylic acids is 1. The number of aliphatic hydroxyl groups is 1. The Morgan fingerprint density at radius 1 is 1.39 bits per heavy atom. The molecule has 2 atom stereocenters. The average Bonchev–Trinajstić information content (AvgIpc) is 2.31. The van der Waals surface area contributed by atoms with E-state index in [2.05, 4.69) is 0 Å². The Labute approximate surface area is 111 Å². The van der Waals surface area contributed by atoms with Gasteiger partial charge < -0.3 is 14.9 Å². The van der Waals surface area contributed by atoms with Crippen molar-refractivity contribution in [3.8, 4) is 0 Å². The van der Waals surface area contributed by atoms with Crippen LogP contribution in [0.2, 0.25) is 5.02 Å². The van der Waals surface area contributed by atoms with Gasteiger partial charge in [0.25, 0.3) is 0 Å². The number of benzene rings is 1. The first-order valence-corrected chi connectivity index (χ1v) is 6.05. The molecule has 0 bridgehead atoms. The standard InChI is InChI=1S/C13H17ClO4/c1-18-8-12(15)7-10(13(16)17)6-9-2-4-11(14)5-3-9/h2-5,10,12,15H,6-8H2,1H3,(H,16,17). The molecular formula is C13H17ClO4. The van der Waals surface area contributed by atoms with Crippen LogP contribution in [0.1, 0.15) is 12.0 Å². The Morgan fingerprint density at radius 3 is 2.50 bits per heavy atom. The van der Waals surface area contributed by atoms with Crippen molar-refractivity contribution >= 4 is 17.6 Å². The largest absolute Gasteiger partial charge is 0.481 e. The second-order valence-electron chi connectivity index (χ2n) is 4.21. The van der Waals surface area contributed by atoms with Crippen molar-refractivity contribution in [2.24, 2.45) is 5.92 Å². The highest BCUT2D eigenvalue weighted by Crippen LogP contribution is 2.17. The van der Waals surface area contributed by atoms with Crippen LogP contribution in [0.3, 0.4) is 0 Å². The Balaban J connectivity index is 2.62. The molecule has 0 aliphatic carbocycles. The van der Waals surface area contributed by atoms with Crippen LogP contribution >= 0.6 is 11.6 Å². The summed E-state index contributed by atoms with van der Waals surface area (Å²) in [7, 11) is 1.47. The van der Waals surface area contributed by atoms with Gasteiger partial charge in [-0.3, -0.25) is 4.79 Å². The van der Waals surface area contributed by atoms with Crippen molar-refractivity contribution in [2.45, 2.75) is 18.9 Å². The third kappa shape index (κ3) is 5.04. The van der Waals surface area contributed by atoms with Crippen molar-refractivity contribution < 1.29 is 19.7 Å². The van der Waals surface area contributed by atoms with Gasteiger partial charge in [-0.15, -0.1) is 0 Å². The number of halogens is 1. The maximum Gasteiger partial charge on any atom is 0.306 e. The lowest BCUT2D eigenvalue weighted by atomic mass is 9.94. The lowest BCUT2D eigenvalue weighted by Gasteiger charge is -2.16. The maximum absolute atomic E-state index is 11.1. The van der Waals surface area contributed by atoms with Crippen LogP contribution in [0.25, 0.3) is 0 Å². The molecular weight excluding hydrogens is 256 g/mol. The zero-order valence-corrected chi connectivity index (χ0v) is 10.9. The van der Waals surface area contributed by atoms with Gasteiger partial charge >= 0.3 is 5.97 Å². The maximum atomic E-state index is 11.1. The Morgan fingerprint density at radius 2 is 2.00 bits per heavy atom. The van der Waals surface area contributed by atoms with Crippen molar-refractivity contribution in [3.05, 3.63) is 34.9 Å². The quantitative estimate of drug-likeness (QED) is 0.796. The molecule has 4 nitrogen and oxygen atoms in total. The van der Waals surface area contributed by atoms with Crippen LogP contribution < -0.4 is 0 Å². The van der Waals surface area contributed by atoms with Gasteiger partial charge in [0.2, 0.25) is 0 Å². The molecule has 0 heterocycles. The second-order valence-corrected chi connectivity index (χ2v) is 4.65. The zero-order chi connectivity index (χ0) is 13.5. The number of carboxylic acids is 1. The van der Waals surface area contributed by atoms with Crippen LogP contribution in [-0.4, -0.2) is 36.0 Å². The molecule has 0 saturated carbocycles. The summed E-state index contributed by atoms with van der Waals surface area (Å²) in [6, 6.07) is 7.03. The van der Waals surface area contributed by atoms with Gasteiger partial charge in [-0.1, -0.05) is 23.7 Å². The molecule has 0 saturated heterocycles. The number of hydrogen-bond donors (Lipinski definition) is 2. The molecule has 5 heteroatoms. The SMILES string of the molecule is COCC(O)CC(Cc1ccc(Cl)cc1)C(=O)O. The minimum atomic E-state index is -0.917. The first kappa shape index (κ1) is 15.0. The predicted octanol–water partition coefficient (Wildman–Crippen LogP) is 1.98. The first-order chi connectivity index (χ1) is 8.52. The Bertz CT molecular complexity index is 377. The number of rotatable bonds is 7. The monoisotopic (exact) mass is 272 g/mol. The molecule has 100 valence electrons. The van der Waals surface area contributed by atoms with Crippen LogP contribution in [0.15, 0.2) is 24.3 Å². The predicted molar refractivity (Wildman–Crippen MR) is 68.8 cm³/mol. The van der Waals surface area contributed by atoms with Crippen molar-refractivity contribution in [1.82, 2.24) is 0 Å². The molecule has 1 rings (SSSR count). The summed E-state index contributed by atoms with van der Waals surface area (Å²) in [6.45, 7) is 0.143. The van der Waals surface area contributed by atoms with Crippen LogP contribution in [0.4, 0.5) is 0 Å². The van der Waals surface area contributed by atoms with E-state index >= 15 is 0 Å². The molecule has 0 aliphatic heterocycles. The van der Waals surface area contributed by atoms with E-state index in [1.54, 1.807) is 24.3 Å². The van der Waals surface area contributed by atoms with E-state index < -0.39 is 18.0 Å². The molecule has 0 spiro atoms. The van der Waals surface area contributed by atoms with Gasteiger partial charge in [-0.2, -0.15) is 0 Å². The van der Waals surface area contributed by atoms with Gasteiger partial charge in [-0.05, 0) is 30.5 Å². The van der Waals surface area contributed by atoms with Crippen LogP contribution in [0.5, 0.6) is 0 Å². The molecule has 2 N–H and O–H groups in total. The van der Waals surface area contributed by atoms with E-state index in [4.69, 9.17) is 21.4 Å². The van der Waals surface area contributed by atoms with Crippen molar-refractivity contribution in [3.63, 3.8) is 0 Å². The zero-order valence-electron chi connectivity index (χ0n) is 10.2. The van der Waals surface area contributed by atoms with Crippen molar-refractivity contribution in [2.75, 3.05) is 13.7 Å². The average molecular weight is 273 g/mol. The van der Waals surface area contributed by atoms with Gasteiger partial charge in [0.1, 0.15) is 0 Å². The lowest BCUT2D eigenvalue weighted by Crippen LogP contribution is -2.25. The molecule has 2 unspecified atom stereocenters. The Hall–Kier alpha value is -1.10. The van der Waals surface area contributed by atoms with Crippen LogP contribution in [0, 0.1) is 5.92 Å². The van der Waals surface area contributed by atoms with E-state index in [9.17, 15) is 9.90 Å². The number of carbonyl (C=O) groups is 1.